The van der Waals surface area contributed by atoms with Crippen molar-refractivity contribution in [3.05, 3.63) is 18.0 Å². The SMILES string of the molecule is CCOC(=O)Cn1cc(CC)cn1. The summed E-state index contributed by atoms with van der Waals surface area (Å²) in [4.78, 5) is 11.0. The van der Waals surface area contributed by atoms with E-state index in [0.29, 0.717) is 6.61 Å². The first-order chi connectivity index (χ1) is 6.26. The van der Waals surface area contributed by atoms with Gasteiger partial charge in [-0.25, -0.2) is 0 Å². The minimum atomic E-state index is -0.242. The Morgan fingerprint density at radius 3 is 2.92 bits per heavy atom. The summed E-state index contributed by atoms with van der Waals surface area (Å²) in [5.41, 5.74) is 1.13. The Balaban J connectivity index is 2.49. The Labute approximate surface area is 77.5 Å². The first-order valence-electron chi connectivity index (χ1n) is 4.43. The maximum absolute atomic E-state index is 11.0. The van der Waals surface area contributed by atoms with E-state index in [1.165, 1.54) is 0 Å². The van der Waals surface area contributed by atoms with Crippen LogP contribution in [0.15, 0.2) is 12.4 Å². The third-order valence-corrected chi connectivity index (χ3v) is 1.69. The predicted molar refractivity (Wildman–Crippen MR) is 48.2 cm³/mol. The summed E-state index contributed by atoms with van der Waals surface area (Å²) in [5.74, 6) is -0.242. The molecule has 0 atom stereocenters. The number of esters is 1. The van der Waals surface area contributed by atoms with Crippen LogP contribution in [0.1, 0.15) is 19.4 Å². The molecule has 0 saturated heterocycles. The van der Waals surface area contributed by atoms with E-state index in [1.54, 1.807) is 17.8 Å². The molecular formula is C9H14N2O2. The molecule has 0 unspecified atom stereocenters. The number of hydrogen-bond acceptors (Lipinski definition) is 3. The summed E-state index contributed by atoms with van der Waals surface area (Å²) in [6.07, 6.45) is 4.55. The molecule has 4 heteroatoms. The zero-order valence-corrected chi connectivity index (χ0v) is 7.99. The van der Waals surface area contributed by atoms with Crippen LogP contribution in [0.5, 0.6) is 0 Å². The van der Waals surface area contributed by atoms with Crippen LogP contribution in [-0.4, -0.2) is 22.4 Å². The fraction of sp³-hybridized carbons (Fsp3) is 0.556. The second-order valence-corrected chi connectivity index (χ2v) is 2.70. The van der Waals surface area contributed by atoms with Crippen LogP contribution < -0.4 is 0 Å². The van der Waals surface area contributed by atoms with Gasteiger partial charge in [0.15, 0.2) is 0 Å². The number of aryl methyl sites for hydroxylation is 1. The lowest BCUT2D eigenvalue weighted by atomic mass is 10.3. The van der Waals surface area contributed by atoms with Gasteiger partial charge in [-0.2, -0.15) is 5.10 Å². The highest BCUT2D eigenvalue weighted by molar-refractivity contribution is 5.68. The third kappa shape index (κ3) is 2.89. The van der Waals surface area contributed by atoms with Crippen molar-refractivity contribution in [2.24, 2.45) is 0 Å². The van der Waals surface area contributed by atoms with Crippen molar-refractivity contribution in [3.8, 4) is 0 Å². The molecule has 1 aromatic rings. The van der Waals surface area contributed by atoms with Crippen molar-refractivity contribution in [2.45, 2.75) is 26.8 Å². The first-order valence-corrected chi connectivity index (χ1v) is 4.43. The third-order valence-electron chi connectivity index (χ3n) is 1.69. The van der Waals surface area contributed by atoms with Crippen LogP contribution in [0.2, 0.25) is 0 Å². The molecule has 72 valence electrons. The van der Waals surface area contributed by atoms with Crippen molar-refractivity contribution < 1.29 is 9.53 Å². The number of ether oxygens (including phenoxy) is 1. The zero-order chi connectivity index (χ0) is 9.68. The van der Waals surface area contributed by atoms with Crippen LogP contribution in [-0.2, 0) is 22.5 Å². The fourth-order valence-corrected chi connectivity index (χ4v) is 1.01. The molecule has 0 aliphatic rings. The van der Waals surface area contributed by atoms with Crippen LogP contribution in [0.25, 0.3) is 0 Å². The van der Waals surface area contributed by atoms with Crippen LogP contribution in [0.3, 0.4) is 0 Å². The lowest BCUT2D eigenvalue weighted by Crippen LogP contribution is -2.13. The van der Waals surface area contributed by atoms with Crippen molar-refractivity contribution in [1.29, 1.82) is 0 Å². The largest absolute Gasteiger partial charge is 0.465 e. The monoisotopic (exact) mass is 182 g/mol. The molecule has 13 heavy (non-hydrogen) atoms. The molecule has 0 radical (unpaired) electrons. The number of aromatic nitrogens is 2. The number of carbonyl (C=O) groups excluding carboxylic acids is 1. The molecule has 0 aliphatic heterocycles. The molecule has 0 N–H and O–H groups in total. The molecule has 1 rings (SSSR count). The molecule has 0 spiro atoms. The van der Waals surface area contributed by atoms with E-state index in [9.17, 15) is 4.79 Å². The molecule has 1 aromatic heterocycles. The Morgan fingerprint density at radius 2 is 2.38 bits per heavy atom. The number of carbonyl (C=O) groups is 1. The second-order valence-electron chi connectivity index (χ2n) is 2.70. The van der Waals surface area contributed by atoms with Crippen molar-refractivity contribution >= 4 is 5.97 Å². The fourth-order valence-electron chi connectivity index (χ4n) is 1.01. The number of hydrogen-bond donors (Lipinski definition) is 0. The van der Waals surface area contributed by atoms with Gasteiger partial charge in [-0.05, 0) is 18.9 Å². The van der Waals surface area contributed by atoms with Gasteiger partial charge in [0.25, 0.3) is 0 Å². The minimum absolute atomic E-state index is 0.202. The smallest absolute Gasteiger partial charge is 0.327 e. The quantitative estimate of drug-likeness (QED) is 0.653. The normalized spacial score (nSPS) is 10.0. The summed E-state index contributed by atoms with van der Waals surface area (Å²) >= 11 is 0. The highest BCUT2D eigenvalue weighted by Gasteiger charge is 2.03. The summed E-state index contributed by atoms with van der Waals surface area (Å²) in [7, 11) is 0. The summed E-state index contributed by atoms with van der Waals surface area (Å²) in [6.45, 7) is 4.46. The van der Waals surface area contributed by atoms with Crippen LogP contribution in [0.4, 0.5) is 0 Å². The van der Waals surface area contributed by atoms with Gasteiger partial charge in [0.05, 0.1) is 12.8 Å². The topological polar surface area (TPSA) is 44.1 Å². The van der Waals surface area contributed by atoms with Gasteiger partial charge in [-0.1, -0.05) is 6.92 Å². The molecule has 0 amide bonds. The molecule has 0 aromatic carbocycles. The average molecular weight is 182 g/mol. The van der Waals surface area contributed by atoms with Gasteiger partial charge < -0.3 is 4.74 Å². The van der Waals surface area contributed by atoms with Gasteiger partial charge in [0.2, 0.25) is 0 Å². The summed E-state index contributed by atoms with van der Waals surface area (Å²) in [5, 5.41) is 4.03. The van der Waals surface area contributed by atoms with E-state index in [0.717, 1.165) is 12.0 Å². The Bertz CT molecular complexity index is 281. The van der Waals surface area contributed by atoms with Gasteiger partial charge in [-0.15, -0.1) is 0 Å². The van der Waals surface area contributed by atoms with E-state index < -0.39 is 0 Å². The molecule has 1 heterocycles. The van der Waals surface area contributed by atoms with Crippen molar-refractivity contribution in [2.75, 3.05) is 6.61 Å². The van der Waals surface area contributed by atoms with Crippen LogP contribution >= 0.6 is 0 Å². The van der Waals surface area contributed by atoms with E-state index in [2.05, 4.69) is 5.10 Å². The van der Waals surface area contributed by atoms with Gasteiger partial charge in [-0.3, -0.25) is 9.48 Å². The Hall–Kier alpha value is -1.32. The van der Waals surface area contributed by atoms with Gasteiger partial charge >= 0.3 is 5.97 Å². The van der Waals surface area contributed by atoms with Crippen molar-refractivity contribution in [3.63, 3.8) is 0 Å². The maximum Gasteiger partial charge on any atom is 0.327 e. The van der Waals surface area contributed by atoms with Gasteiger partial charge in [0.1, 0.15) is 6.54 Å². The highest BCUT2D eigenvalue weighted by atomic mass is 16.5. The van der Waals surface area contributed by atoms with E-state index in [4.69, 9.17) is 4.74 Å². The number of rotatable bonds is 4. The molecule has 0 fully saturated rings. The Kier molecular flexibility index (Phi) is 3.49. The maximum atomic E-state index is 11.0. The van der Waals surface area contributed by atoms with Crippen molar-refractivity contribution in [1.82, 2.24) is 9.78 Å². The van der Waals surface area contributed by atoms with E-state index >= 15 is 0 Å². The molecule has 4 nitrogen and oxygen atoms in total. The van der Waals surface area contributed by atoms with Gasteiger partial charge in [0, 0.05) is 6.20 Å². The lowest BCUT2D eigenvalue weighted by molar-refractivity contribution is -0.144. The van der Waals surface area contributed by atoms with Crippen LogP contribution in [0, 0.1) is 0 Å². The molecule has 0 saturated carbocycles. The lowest BCUT2D eigenvalue weighted by Gasteiger charge is -2.00. The Morgan fingerprint density at radius 1 is 1.62 bits per heavy atom. The summed E-state index contributed by atoms with van der Waals surface area (Å²) < 4.78 is 6.38. The standard InChI is InChI=1S/C9H14N2O2/c1-3-8-5-10-11(6-8)7-9(12)13-4-2/h5-6H,3-4,7H2,1-2H3. The highest BCUT2D eigenvalue weighted by Crippen LogP contribution is 1.98. The molecule has 0 aliphatic carbocycles. The number of nitrogens with zero attached hydrogens (tertiary/aromatic N) is 2. The molecular weight excluding hydrogens is 168 g/mol. The average Bonchev–Trinajstić information content (AvgIpc) is 2.52. The molecule has 0 bridgehead atoms. The summed E-state index contributed by atoms with van der Waals surface area (Å²) in [6, 6.07) is 0. The van der Waals surface area contributed by atoms with E-state index in [-0.39, 0.29) is 12.5 Å². The predicted octanol–water partition coefficient (Wildman–Crippen LogP) is 1.01. The first kappa shape index (κ1) is 9.77. The second kappa shape index (κ2) is 4.64. The zero-order valence-electron chi connectivity index (χ0n) is 7.99. The minimum Gasteiger partial charge on any atom is -0.465 e. The van der Waals surface area contributed by atoms with E-state index in [1.807, 2.05) is 13.1 Å².